The molecule has 0 aromatic heterocycles. The zero-order valence-corrected chi connectivity index (χ0v) is 15.6. The summed E-state index contributed by atoms with van der Waals surface area (Å²) in [6.07, 6.45) is 0.857. The molecular weight excluding hydrogens is 368 g/mol. The zero-order chi connectivity index (χ0) is 19.0. The van der Waals surface area contributed by atoms with Crippen LogP contribution in [0, 0.1) is 0 Å². The van der Waals surface area contributed by atoms with Crippen molar-refractivity contribution in [3.8, 4) is 11.5 Å². The molecule has 1 unspecified atom stereocenters. The number of fused-ring (bicyclic) bond motifs is 1. The van der Waals surface area contributed by atoms with Crippen molar-refractivity contribution in [3.63, 3.8) is 0 Å². The second kappa shape index (κ2) is 6.78. The highest BCUT2D eigenvalue weighted by Crippen LogP contribution is 2.40. The van der Waals surface area contributed by atoms with Gasteiger partial charge in [-0.05, 0) is 42.5 Å². The number of amides is 2. The Kier molecular flexibility index (Phi) is 4.44. The zero-order valence-electron chi connectivity index (χ0n) is 14.8. The van der Waals surface area contributed by atoms with E-state index in [0.29, 0.717) is 47.3 Å². The van der Waals surface area contributed by atoms with Gasteiger partial charge < -0.3 is 19.7 Å². The van der Waals surface area contributed by atoms with Crippen LogP contribution in [0.5, 0.6) is 11.5 Å². The summed E-state index contributed by atoms with van der Waals surface area (Å²) in [7, 11) is 1.56. The number of carbonyl (C=O) groups excluding carboxylic acids is 2. The number of benzene rings is 2. The van der Waals surface area contributed by atoms with E-state index >= 15 is 0 Å². The highest BCUT2D eigenvalue weighted by molar-refractivity contribution is 6.30. The lowest BCUT2D eigenvalue weighted by Gasteiger charge is -2.34. The standard InChI is InChI=1S/C20H19ClN2O4/c1-26-15-6-7-18-16(10-15)17(24)11-20(27-18)8-9-23(12-20)19(25)22-14-4-2-13(21)3-5-14/h2-7,10H,8-9,11-12H2,1H3,(H,22,25). The molecule has 0 saturated carbocycles. The molecule has 0 bridgehead atoms. The number of anilines is 1. The number of urea groups is 1. The summed E-state index contributed by atoms with van der Waals surface area (Å²) >= 11 is 5.87. The number of hydrogen-bond donors (Lipinski definition) is 1. The fourth-order valence-electron chi connectivity index (χ4n) is 3.58. The maximum Gasteiger partial charge on any atom is 0.321 e. The molecule has 6 nitrogen and oxygen atoms in total. The Bertz CT molecular complexity index is 899. The average Bonchev–Trinajstić information content (AvgIpc) is 3.06. The van der Waals surface area contributed by atoms with Crippen molar-refractivity contribution < 1.29 is 19.1 Å². The molecule has 1 N–H and O–H groups in total. The van der Waals surface area contributed by atoms with Crippen LogP contribution in [-0.2, 0) is 0 Å². The summed E-state index contributed by atoms with van der Waals surface area (Å²) in [6, 6.07) is 11.9. The van der Waals surface area contributed by atoms with Crippen molar-refractivity contribution in [2.75, 3.05) is 25.5 Å². The smallest absolute Gasteiger partial charge is 0.321 e. The number of methoxy groups -OCH3 is 1. The van der Waals surface area contributed by atoms with Gasteiger partial charge in [0.15, 0.2) is 5.78 Å². The van der Waals surface area contributed by atoms with Crippen molar-refractivity contribution in [2.45, 2.75) is 18.4 Å². The van der Waals surface area contributed by atoms with Crippen LogP contribution in [0.1, 0.15) is 23.2 Å². The van der Waals surface area contributed by atoms with Crippen LogP contribution < -0.4 is 14.8 Å². The molecule has 1 fully saturated rings. The number of ether oxygens (including phenoxy) is 2. The number of rotatable bonds is 2. The summed E-state index contributed by atoms with van der Waals surface area (Å²) in [5.74, 6) is 1.18. The highest BCUT2D eigenvalue weighted by atomic mass is 35.5. The third kappa shape index (κ3) is 3.45. The molecule has 1 saturated heterocycles. The second-order valence-corrected chi connectivity index (χ2v) is 7.29. The van der Waals surface area contributed by atoms with Gasteiger partial charge in [0.05, 0.1) is 25.6 Å². The Morgan fingerprint density at radius 3 is 2.78 bits per heavy atom. The van der Waals surface area contributed by atoms with Crippen molar-refractivity contribution in [1.82, 2.24) is 4.90 Å². The quantitative estimate of drug-likeness (QED) is 0.847. The normalized spacial score (nSPS) is 21.0. The van der Waals surface area contributed by atoms with Gasteiger partial charge >= 0.3 is 6.03 Å². The summed E-state index contributed by atoms with van der Waals surface area (Å²) in [6.45, 7) is 0.891. The van der Waals surface area contributed by atoms with Gasteiger partial charge in [-0.25, -0.2) is 4.79 Å². The fourth-order valence-corrected chi connectivity index (χ4v) is 3.71. The third-order valence-electron chi connectivity index (χ3n) is 5.00. The van der Waals surface area contributed by atoms with E-state index in [1.807, 2.05) is 0 Å². The molecule has 0 radical (unpaired) electrons. The predicted molar refractivity (Wildman–Crippen MR) is 102 cm³/mol. The van der Waals surface area contributed by atoms with Gasteiger partial charge in [-0.15, -0.1) is 0 Å². The number of nitrogens with zero attached hydrogens (tertiary/aromatic N) is 1. The van der Waals surface area contributed by atoms with Gasteiger partial charge in [0, 0.05) is 23.7 Å². The average molecular weight is 387 g/mol. The van der Waals surface area contributed by atoms with Gasteiger partial charge in [0.2, 0.25) is 0 Å². The van der Waals surface area contributed by atoms with Crippen LogP contribution in [0.3, 0.4) is 0 Å². The number of likely N-dealkylation sites (tertiary alicyclic amines) is 1. The van der Waals surface area contributed by atoms with Gasteiger partial charge in [-0.1, -0.05) is 11.6 Å². The van der Waals surface area contributed by atoms with Crippen molar-refractivity contribution in [1.29, 1.82) is 0 Å². The van der Waals surface area contributed by atoms with E-state index in [1.165, 1.54) is 0 Å². The number of halogens is 1. The van der Waals surface area contributed by atoms with E-state index in [0.717, 1.165) is 0 Å². The topological polar surface area (TPSA) is 67.9 Å². The van der Waals surface area contributed by atoms with E-state index in [2.05, 4.69) is 5.32 Å². The molecule has 2 aliphatic rings. The Labute approximate surface area is 162 Å². The minimum absolute atomic E-state index is 0.00936. The molecule has 2 aliphatic heterocycles. The van der Waals surface area contributed by atoms with E-state index < -0.39 is 5.60 Å². The van der Waals surface area contributed by atoms with Crippen LogP contribution in [0.25, 0.3) is 0 Å². The minimum Gasteiger partial charge on any atom is -0.497 e. The van der Waals surface area contributed by atoms with E-state index in [4.69, 9.17) is 21.1 Å². The summed E-state index contributed by atoms with van der Waals surface area (Å²) in [5, 5.41) is 3.46. The van der Waals surface area contributed by atoms with Crippen LogP contribution in [0.4, 0.5) is 10.5 Å². The van der Waals surface area contributed by atoms with Crippen molar-refractivity contribution in [3.05, 3.63) is 53.1 Å². The Morgan fingerprint density at radius 1 is 1.26 bits per heavy atom. The first-order chi connectivity index (χ1) is 13.0. The molecule has 2 aromatic rings. The van der Waals surface area contributed by atoms with Gasteiger partial charge in [0.25, 0.3) is 0 Å². The van der Waals surface area contributed by atoms with Crippen LogP contribution in [0.2, 0.25) is 5.02 Å². The summed E-state index contributed by atoms with van der Waals surface area (Å²) in [4.78, 5) is 26.9. The molecule has 2 heterocycles. The minimum atomic E-state index is -0.671. The number of hydrogen-bond acceptors (Lipinski definition) is 4. The van der Waals surface area contributed by atoms with Crippen molar-refractivity contribution in [2.24, 2.45) is 0 Å². The van der Waals surface area contributed by atoms with Crippen LogP contribution in [0.15, 0.2) is 42.5 Å². The molecule has 140 valence electrons. The first kappa shape index (κ1) is 17.7. The summed E-state index contributed by atoms with van der Waals surface area (Å²) < 4.78 is 11.4. The lowest BCUT2D eigenvalue weighted by Crippen LogP contribution is -2.46. The molecular formula is C20H19ClN2O4. The van der Waals surface area contributed by atoms with Gasteiger partial charge in [0.1, 0.15) is 17.1 Å². The maximum absolute atomic E-state index is 12.6. The van der Waals surface area contributed by atoms with Crippen LogP contribution >= 0.6 is 11.6 Å². The molecule has 1 spiro atoms. The number of Topliss-reactive ketones (excluding diaryl/α,β-unsaturated/α-hetero) is 1. The largest absolute Gasteiger partial charge is 0.497 e. The third-order valence-corrected chi connectivity index (χ3v) is 5.25. The lowest BCUT2D eigenvalue weighted by molar-refractivity contribution is 0.0481. The molecule has 1 atom stereocenters. The van der Waals surface area contributed by atoms with Crippen LogP contribution in [-0.4, -0.2) is 42.5 Å². The molecule has 7 heteroatoms. The molecule has 27 heavy (non-hydrogen) atoms. The predicted octanol–water partition coefficient (Wildman–Crippen LogP) is 3.99. The van der Waals surface area contributed by atoms with Gasteiger partial charge in [-0.2, -0.15) is 0 Å². The Morgan fingerprint density at radius 2 is 2.04 bits per heavy atom. The second-order valence-electron chi connectivity index (χ2n) is 6.86. The number of nitrogens with one attached hydrogen (secondary N) is 1. The maximum atomic E-state index is 12.6. The monoisotopic (exact) mass is 386 g/mol. The van der Waals surface area contributed by atoms with Crippen molar-refractivity contribution >= 4 is 29.1 Å². The van der Waals surface area contributed by atoms with E-state index in [-0.39, 0.29) is 18.2 Å². The Hall–Kier alpha value is -2.73. The molecule has 4 rings (SSSR count). The SMILES string of the molecule is COc1ccc2c(c1)C(=O)CC1(CCN(C(=O)Nc3ccc(Cl)cc3)C1)O2. The Balaban J connectivity index is 1.47. The number of carbonyl (C=O) groups is 2. The molecule has 2 aromatic carbocycles. The van der Waals surface area contributed by atoms with E-state index in [1.54, 1.807) is 54.5 Å². The first-order valence-electron chi connectivity index (χ1n) is 8.70. The molecule has 2 amide bonds. The lowest BCUT2D eigenvalue weighted by atomic mass is 9.89. The fraction of sp³-hybridized carbons (Fsp3) is 0.300. The highest BCUT2D eigenvalue weighted by Gasteiger charge is 2.47. The molecule has 0 aliphatic carbocycles. The van der Waals surface area contributed by atoms with Gasteiger partial charge in [-0.3, -0.25) is 4.79 Å². The first-order valence-corrected chi connectivity index (χ1v) is 9.08. The van der Waals surface area contributed by atoms with E-state index in [9.17, 15) is 9.59 Å². The summed E-state index contributed by atoms with van der Waals surface area (Å²) in [5.41, 5.74) is 0.531. The number of ketones is 1.